The van der Waals surface area contributed by atoms with Crippen LogP contribution in [0.4, 0.5) is 0 Å². The highest BCUT2D eigenvalue weighted by Crippen LogP contribution is 2.20. The Hall–Kier alpha value is -1.55. The zero-order valence-electron chi connectivity index (χ0n) is 11.1. The molecule has 2 aromatic rings. The largest absolute Gasteiger partial charge is 0.469 e. The van der Waals surface area contributed by atoms with Crippen molar-refractivity contribution in [3.63, 3.8) is 0 Å². The average molecular weight is 248 g/mol. The zero-order valence-corrected chi connectivity index (χ0v) is 11.1. The summed E-state index contributed by atoms with van der Waals surface area (Å²) in [5.41, 5.74) is 1.72. The van der Waals surface area contributed by atoms with Gasteiger partial charge >= 0.3 is 0 Å². The molecule has 2 unspecified atom stereocenters. The Kier molecular flexibility index (Phi) is 3.87. The highest BCUT2D eigenvalue weighted by Gasteiger charge is 2.13. The van der Waals surface area contributed by atoms with Crippen molar-refractivity contribution in [2.24, 2.45) is 0 Å². The van der Waals surface area contributed by atoms with Crippen molar-refractivity contribution in [2.75, 3.05) is 0 Å². The van der Waals surface area contributed by atoms with E-state index >= 15 is 0 Å². The second-order valence-electron chi connectivity index (χ2n) is 4.75. The van der Waals surface area contributed by atoms with E-state index in [1.807, 2.05) is 29.9 Å². The van der Waals surface area contributed by atoms with E-state index < -0.39 is 6.10 Å². The molecule has 0 spiro atoms. The number of hydrogen-bond acceptors (Lipinski definition) is 3. The predicted molar refractivity (Wildman–Crippen MR) is 69.3 cm³/mol. The lowest BCUT2D eigenvalue weighted by molar-refractivity contribution is 0.176. The van der Waals surface area contributed by atoms with Crippen LogP contribution in [0.3, 0.4) is 0 Å². The summed E-state index contributed by atoms with van der Waals surface area (Å²) >= 11 is 0. The maximum Gasteiger partial charge on any atom is 0.101 e. The molecule has 2 rings (SSSR count). The Labute approximate surface area is 107 Å². The Morgan fingerprint density at radius 3 is 2.89 bits per heavy atom. The summed E-state index contributed by atoms with van der Waals surface area (Å²) in [6, 6.07) is 4.21. The molecule has 0 fully saturated rings. The van der Waals surface area contributed by atoms with Crippen molar-refractivity contribution in [1.29, 1.82) is 0 Å². The number of aryl methyl sites for hydroxylation is 1. The van der Waals surface area contributed by atoms with Gasteiger partial charge in [0, 0.05) is 24.2 Å². The number of aliphatic hydroxyl groups is 1. The predicted octanol–water partition coefficient (Wildman–Crippen LogP) is 3.03. The molecule has 18 heavy (non-hydrogen) atoms. The summed E-state index contributed by atoms with van der Waals surface area (Å²) in [5.74, 6) is 0.814. The van der Waals surface area contributed by atoms with Crippen LogP contribution >= 0.6 is 0 Å². The van der Waals surface area contributed by atoms with Gasteiger partial charge in [-0.15, -0.1) is 0 Å². The first-order chi connectivity index (χ1) is 8.60. The lowest BCUT2D eigenvalue weighted by Crippen LogP contribution is -2.06. The molecule has 0 aliphatic rings. The van der Waals surface area contributed by atoms with Gasteiger partial charge in [-0.3, -0.25) is 4.68 Å². The third-order valence-corrected chi connectivity index (χ3v) is 3.24. The molecule has 0 aromatic carbocycles. The maximum atomic E-state index is 10.1. The number of hydrogen-bond donors (Lipinski definition) is 1. The summed E-state index contributed by atoms with van der Waals surface area (Å²) in [6.07, 6.45) is 4.58. The second kappa shape index (κ2) is 5.40. The van der Waals surface area contributed by atoms with Gasteiger partial charge in [0.05, 0.1) is 18.1 Å². The van der Waals surface area contributed by atoms with E-state index in [2.05, 4.69) is 18.9 Å². The van der Waals surface area contributed by atoms with Crippen LogP contribution in [0.5, 0.6) is 0 Å². The lowest BCUT2D eigenvalue weighted by atomic mass is 10.1. The van der Waals surface area contributed by atoms with E-state index in [-0.39, 0.29) is 0 Å². The van der Waals surface area contributed by atoms with Crippen LogP contribution in [0.1, 0.15) is 49.4 Å². The molecule has 0 aliphatic carbocycles. The standard InChI is InChI=1S/C14H20N2O2/c1-4-10(2)16-6-5-13(15-16)8-14(17)12-7-11(3)18-9-12/h5-7,9-10,14,17H,4,8H2,1-3H3. The fourth-order valence-corrected chi connectivity index (χ4v) is 1.87. The molecule has 0 bridgehead atoms. The average Bonchev–Trinajstić information content (AvgIpc) is 2.97. The first kappa shape index (κ1) is 12.9. The van der Waals surface area contributed by atoms with Gasteiger partial charge < -0.3 is 9.52 Å². The SMILES string of the molecule is CCC(C)n1ccc(CC(O)c2coc(C)c2)n1. The highest BCUT2D eigenvalue weighted by molar-refractivity contribution is 5.17. The third kappa shape index (κ3) is 2.82. The van der Waals surface area contributed by atoms with Crippen molar-refractivity contribution in [2.45, 2.75) is 45.8 Å². The van der Waals surface area contributed by atoms with Crippen molar-refractivity contribution in [1.82, 2.24) is 9.78 Å². The Morgan fingerprint density at radius 2 is 2.28 bits per heavy atom. The number of aromatic nitrogens is 2. The molecule has 4 heteroatoms. The molecule has 4 nitrogen and oxygen atoms in total. The van der Waals surface area contributed by atoms with Gasteiger partial charge in [0.15, 0.2) is 0 Å². The van der Waals surface area contributed by atoms with Gasteiger partial charge in [-0.25, -0.2) is 0 Å². The number of nitrogens with zero attached hydrogens (tertiary/aromatic N) is 2. The van der Waals surface area contributed by atoms with Gasteiger partial charge in [-0.2, -0.15) is 5.10 Å². The van der Waals surface area contributed by atoms with Crippen LogP contribution in [0.25, 0.3) is 0 Å². The van der Waals surface area contributed by atoms with Crippen molar-refractivity contribution >= 4 is 0 Å². The quantitative estimate of drug-likeness (QED) is 0.884. The van der Waals surface area contributed by atoms with Gasteiger partial charge in [0.25, 0.3) is 0 Å². The Balaban J connectivity index is 2.03. The molecule has 0 saturated heterocycles. The van der Waals surface area contributed by atoms with E-state index in [9.17, 15) is 5.11 Å². The number of aliphatic hydroxyl groups excluding tert-OH is 1. The first-order valence-corrected chi connectivity index (χ1v) is 6.37. The third-order valence-electron chi connectivity index (χ3n) is 3.24. The highest BCUT2D eigenvalue weighted by atomic mass is 16.3. The molecule has 0 aliphatic heterocycles. The summed E-state index contributed by atoms with van der Waals surface area (Å²) in [5, 5.41) is 14.6. The normalized spacial score (nSPS) is 14.7. The van der Waals surface area contributed by atoms with Gasteiger partial charge in [-0.1, -0.05) is 6.92 Å². The van der Waals surface area contributed by atoms with Crippen LogP contribution in [-0.4, -0.2) is 14.9 Å². The van der Waals surface area contributed by atoms with Crippen LogP contribution in [0.15, 0.2) is 29.0 Å². The van der Waals surface area contributed by atoms with Gasteiger partial charge in [0.2, 0.25) is 0 Å². The van der Waals surface area contributed by atoms with E-state index in [4.69, 9.17) is 4.42 Å². The van der Waals surface area contributed by atoms with Crippen LogP contribution in [-0.2, 0) is 6.42 Å². The number of furan rings is 1. The van der Waals surface area contributed by atoms with Crippen molar-refractivity contribution < 1.29 is 9.52 Å². The monoisotopic (exact) mass is 248 g/mol. The molecule has 98 valence electrons. The first-order valence-electron chi connectivity index (χ1n) is 6.37. The smallest absolute Gasteiger partial charge is 0.101 e. The Morgan fingerprint density at radius 1 is 1.50 bits per heavy atom. The van der Waals surface area contributed by atoms with E-state index in [1.165, 1.54) is 0 Å². The maximum absolute atomic E-state index is 10.1. The van der Waals surface area contributed by atoms with Crippen LogP contribution in [0, 0.1) is 6.92 Å². The van der Waals surface area contributed by atoms with E-state index in [0.29, 0.717) is 12.5 Å². The summed E-state index contributed by atoms with van der Waals surface area (Å²) in [7, 11) is 0. The van der Waals surface area contributed by atoms with Crippen LogP contribution in [0.2, 0.25) is 0 Å². The molecule has 0 amide bonds. The summed E-state index contributed by atoms with van der Waals surface area (Å²) < 4.78 is 7.15. The molecule has 2 atom stereocenters. The fraction of sp³-hybridized carbons (Fsp3) is 0.500. The lowest BCUT2D eigenvalue weighted by Gasteiger charge is -2.09. The molecule has 2 aromatic heterocycles. The molecular formula is C14H20N2O2. The van der Waals surface area contributed by atoms with Crippen LogP contribution < -0.4 is 0 Å². The topological polar surface area (TPSA) is 51.2 Å². The van der Waals surface area contributed by atoms with Crippen molar-refractivity contribution in [3.8, 4) is 0 Å². The van der Waals surface area contributed by atoms with Gasteiger partial charge in [0.1, 0.15) is 5.76 Å². The van der Waals surface area contributed by atoms with E-state index in [0.717, 1.165) is 23.4 Å². The van der Waals surface area contributed by atoms with Gasteiger partial charge in [-0.05, 0) is 32.4 Å². The molecule has 1 N–H and O–H groups in total. The zero-order chi connectivity index (χ0) is 13.1. The minimum absolute atomic E-state index is 0.395. The molecule has 0 radical (unpaired) electrons. The molecule has 2 heterocycles. The summed E-state index contributed by atoms with van der Waals surface area (Å²) in [6.45, 7) is 6.13. The minimum Gasteiger partial charge on any atom is -0.469 e. The molecular weight excluding hydrogens is 228 g/mol. The minimum atomic E-state index is -0.553. The molecule has 0 saturated carbocycles. The van der Waals surface area contributed by atoms with Crippen molar-refractivity contribution in [3.05, 3.63) is 41.6 Å². The Bertz CT molecular complexity index is 501. The second-order valence-corrected chi connectivity index (χ2v) is 4.75. The fourth-order valence-electron chi connectivity index (χ4n) is 1.87. The number of rotatable bonds is 5. The summed E-state index contributed by atoms with van der Waals surface area (Å²) in [4.78, 5) is 0. The van der Waals surface area contributed by atoms with E-state index in [1.54, 1.807) is 6.26 Å².